The number of rotatable bonds is 26. The van der Waals surface area contributed by atoms with E-state index >= 15 is 0 Å². The van der Waals surface area contributed by atoms with E-state index in [2.05, 4.69) is 6.58 Å². The number of hydrogen-bond acceptors (Lipinski definition) is 0. The number of alkyl halides is 28. The van der Waals surface area contributed by atoms with Crippen LogP contribution in [0.4, 0.5) is 105 Å². The average Bonchev–Trinajstić information content (AvgIpc) is 2.99. The Morgan fingerprint density at radius 1 is 0.357 bits per heavy atom. The maximum atomic E-state index is 14.5. The minimum absolute atomic E-state index is 0.0343. The van der Waals surface area contributed by atoms with Gasteiger partial charge in [-0.2, -0.15) is 105 Å². The van der Waals surface area contributed by atoms with Crippen LogP contribution in [0.1, 0.15) is 70.6 Å². The van der Waals surface area contributed by atoms with E-state index in [4.69, 9.17) is 0 Å². The molecule has 0 aromatic rings. The summed E-state index contributed by atoms with van der Waals surface area (Å²) in [4.78, 5) is 0. The van der Waals surface area contributed by atoms with Gasteiger partial charge in [0.05, 0.1) is 0 Å². The fraction of sp³-hybridized carbons (Fsp3) is 0.929. The highest BCUT2D eigenvalue weighted by Crippen LogP contribution is 2.63. The van der Waals surface area contributed by atoms with Gasteiger partial charge in [-0.15, -0.1) is 6.58 Å². The first-order valence-corrected chi connectivity index (χ1v) is 20.0. The summed E-state index contributed by atoms with van der Waals surface area (Å²) in [6.45, 7) is 3.34. The van der Waals surface area contributed by atoms with E-state index in [1.54, 1.807) is 0 Å². The Kier molecular flexibility index (Phi) is 19.5. The topological polar surface area (TPSA) is 0 Å². The van der Waals surface area contributed by atoms with E-state index in [1.165, 1.54) is 6.08 Å². The van der Waals surface area contributed by atoms with Crippen LogP contribution in [0.3, 0.4) is 0 Å². The summed E-state index contributed by atoms with van der Waals surface area (Å²) in [6, 6.07) is 0. The van der Waals surface area contributed by atoms with Crippen molar-refractivity contribution in [2.45, 2.75) is 151 Å². The molecule has 0 fully saturated rings. The molecule has 0 heterocycles. The molecule has 0 saturated carbocycles. The fourth-order valence-electron chi connectivity index (χ4n) is 4.57. The SMILES string of the molecule is C=CCCCCC(I)CC(F)(F)C(F)(F)C(F)(F)C(F)(F)C(F)(F)C(F)(F)CC(I)CCCCC(I)CC(F)(F)C(F)(F)C(F)(F)C(F)(F)C(F)(F)C(F)(F)I. The maximum Gasteiger partial charge on any atom is 0.387 e. The van der Waals surface area contributed by atoms with Crippen LogP contribution in [-0.4, -0.2) is 80.9 Å². The van der Waals surface area contributed by atoms with Crippen LogP contribution in [0.15, 0.2) is 12.7 Å². The molecule has 0 aromatic heterocycles. The van der Waals surface area contributed by atoms with Gasteiger partial charge >= 0.3 is 69.1 Å². The first-order chi connectivity index (χ1) is 24.4. The summed E-state index contributed by atoms with van der Waals surface area (Å²) in [5.41, 5.74) is 0. The van der Waals surface area contributed by atoms with Crippen molar-refractivity contribution in [2.75, 3.05) is 0 Å². The molecule has 0 aliphatic rings. The molecule has 0 bridgehead atoms. The number of allylic oxidation sites excluding steroid dienone is 1. The van der Waals surface area contributed by atoms with E-state index in [-0.39, 0.29) is 19.3 Å². The molecule has 0 nitrogen and oxygen atoms in total. The van der Waals surface area contributed by atoms with Crippen molar-refractivity contribution < 1.29 is 105 Å². The second-order valence-electron chi connectivity index (χ2n) is 12.5. The van der Waals surface area contributed by atoms with Gasteiger partial charge in [-0.05, 0) is 32.1 Å². The third-order valence-electron chi connectivity index (χ3n) is 7.99. The van der Waals surface area contributed by atoms with Gasteiger partial charge in [0, 0.05) is 53.6 Å². The summed E-state index contributed by atoms with van der Waals surface area (Å²) >= 11 is 1.89. The predicted octanol–water partition coefficient (Wildman–Crippen LogP) is 15.9. The molecule has 3 atom stereocenters. The molecule has 0 radical (unpaired) electrons. The van der Waals surface area contributed by atoms with Crippen molar-refractivity contribution in [1.82, 2.24) is 0 Å². The summed E-state index contributed by atoms with van der Waals surface area (Å²) in [5, 5.41) is 0. The van der Waals surface area contributed by atoms with Crippen LogP contribution in [0.5, 0.6) is 0 Å². The lowest BCUT2D eigenvalue weighted by Gasteiger charge is -2.42. The molecule has 0 aliphatic carbocycles. The third-order valence-corrected chi connectivity index (χ3v) is 11.9. The Bertz CT molecular complexity index is 1270. The lowest BCUT2D eigenvalue weighted by Crippen LogP contribution is -2.70. The van der Waals surface area contributed by atoms with Crippen molar-refractivity contribution in [3.05, 3.63) is 12.7 Å². The van der Waals surface area contributed by atoms with Gasteiger partial charge in [0.15, 0.2) is 0 Å². The van der Waals surface area contributed by atoms with Gasteiger partial charge in [-0.3, -0.25) is 0 Å². The highest BCUT2D eigenvalue weighted by molar-refractivity contribution is 14.1. The second kappa shape index (κ2) is 19.2. The Labute approximate surface area is 357 Å². The van der Waals surface area contributed by atoms with Gasteiger partial charge in [0.25, 0.3) is 0 Å². The van der Waals surface area contributed by atoms with Crippen molar-refractivity contribution in [3.63, 3.8) is 0 Å². The van der Waals surface area contributed by atoms with Gasteiger partial charge in [0.1, 0.15) is 0 Å². The minimum atomic E-state index is -7.84. The zero-order valence-electron chi connectivity index (χ0n) is 27.4. The second-order valence-corrected chi connectivity index (χ2v) is 19.1. The molecular weight excluding hydrogens is 1300 g/mol. The van der Waals surface area contributed by atoms with Gasteiger partial charge < -0.3 is 0 Å². The van der Waals surface area contributed by atoms with E-state index in [9.17, 15) is 105 Å². The van der Waals surface area contributed by atoms with Crippen LogP contribution < -0.4 is 0 Å². The molecule has 0 N–H and O–H groups in total. The molecule has 0 amide bonds. The third kappa shape index (κ3) is 11.3. The Morgan fingerprint density at radius 2 is 0.571 bits per heavy atom. The lowest BCUT2D eigenvalue weighted by molar-refractivity contribution is -0.425. The van der Waals surface area contributed by atoms with E-state index < -0.39 is 148 Å². The smallest absolute Gasteiger partial charge is 0.200 e. The van der Waals surface area contributed by atoms with Gasteiger partial charge in [-0.25, -0.2) is 0 Å². The standard InChI is InChI=1S/C28H28F24I4/c1-2-3-4-5-8-14(53)11-17(29,30)20(35,36)23(41,42)24(43,44)21(37,38)18(31,32)12-15(54)9-6-7-10-16(55)13-19(33,34)22(39,40)25(45,46)26(47,48)27(49,50)28(51,52)56/h2,14-16H,1,3-13H2. The molecule has 0 saturated heterocycles. The molecule has 0 aromatic carbocycles. The van der Waals surface area contributed by atoms with E-state index in [0.717, 1.165) is 67.8 Å². The summed E-state index contributed by atoms with van der Waals surface area (Å²) in [7, 11) is 0. The van der Waals surface area contributed by atoms with Crippen LogP contribution in [0.25, 0.3) is 0 Å². The molecule has 0 aliphatic heterocycles. The summed E-state index contributed by atoms with van der Waals surface area (Å²) < 4.78 is 324. The van der Waals surface area contributed by atoms with Crippen LogP contribution >= 0.6 is 90.4 Å². The first kappa shape index (κ1) is 57.0. The maximum absolute atomic E-state index is 14.5. The van der Waals surface area contributed by atoms with Crippen molar-refractivity contribution in [3.8, 4) is 0 Å². The molecule has 0 rings (SSSR count). The van der Waals surface area contributed by atoms with Gasteiger partial charge in [-0.1, -0.05) is 93.1 Å². The number of hydrogen-bond donors (Lipinski definition) is 0. The van der Waals surface area contributed by atoms with E-state index in [0.29, 0.717) is 6.42 Å². The molecule has 28 heteroatoms. The Balaban J connectivity index is 5.74. The summed E-state index contributed by atoms with van der Waals surface area (Å²) in [5.74, 6) is -79.5. The Morgan fingerprint density at radius 3 is 0.786 bits per heavy atom. The quantitative estimate of drug-likeness (QED) is 0.0266. The molecule has 56 heavy (non-hydrogen) atoms. The molecule has 0 spiro atoms. The van der Waals surface area contributed by atoms with Gasteiger partial charge in [0.2, 0.25) is 0 Å². The highest BCUT2D eigenvalue weighted by Gasteiger charge is 2.91. The molecule has 3 unspecified atom stereocenters. The lowest BCUT2D eigenvalue weighted by atomic mass is 9.88. The number of halogens is 28. The van der Waals surface area contributed by atoms with Crippen LogP contribution in [0, 0.1) is 0 Å². The largest absolute Gasteiger partial charge is 0.387 e. The normalized spacial score (nSPS) is 17.2. The van der Waals surface area contributed by atoms with Crippen molar-refractivity contribution in [2.24, 2.45) is 0 Å². The zero-order valence-corrected chi connectivity index (χ0v) is 36.0. The zero-order chi connectivity index (χ0) is 45.2. The van der Waals surface area contributed by atoms with E-state index in [1.807, 2.05) is 0 Å². The molecule has 336 valence electrons. The number of unbranched alkanes of at least 4 members (excludes halogenated alkanes) is 3. The van der Waals surface area contributed by atoms with Crippen molar-refractivity contribution in [1.29, 1.82) is 0 Å². The monoisotopic (exact) mass is 1330 g/mol. The fourth-order valence-corrected chi connectivity index (χ4v) is 7.89. The van der Waals surface area contributed by atoms with Crippen LogP contribution in [0.2, 0.25) is 0 Å². The van der Waals surface area contributed by atoms with Crippen molar-refractivity contribution >= 4 is 90.4 Å². The first-order valence-electron chi connectivity index (χ1n) is 15.2. The summed E-state index contributed by atoms with van der Waals surface area (Å²) in [6.07, 6.45) is -8.86. The molecular formula is C28H28F24I4. The predicted molar refractivity (Wildman–Crippen MR) is 188 cm³/mol. The minimum Gasteiger partial charge on any atom is -0.200 e. The average molecular weight is 1330 g/mol. The van der Waals surface area contributed by atoms with Crippen LogP contribution in [-0.2, 0) is 0 Å². The Hall–Kier alpha value is 0.980. The highest BCUT2D eigenvalue weighted by atomic mass is 127.